The molecule has 2 aromatic carbocycles. The van der Waals surface area contributed by atoms with E-state index < -0.39 is 5.97 Å². The Kier molecular flexibility index (Phi) is 4.14. The minimum Gasteiger partial charge on any atom is -0.423 e. The first-order valence-corrected chi connectivity index (χ1v) is 8.17. The Morgan fingerprint density at radius 1 is 1.08 bits per heavy atom. The van der Waals surface area contributed by atoms with Gasteiger partial charge in [0.1, 0.15) is 12.1 Å². The molecule has 1 aromatic heterocycles. The molecule has 0 aliphatic carbocycles. The molecule has 8 nitrogen and oxygen atoms in total. The third-order valence-electron chi connectivity index (χ3n) is 4.15. The second-order valence-corrected chi connectivity index (χ2v) is 5.80. The molecule has 0 saturated carbocycles. The molecule has 0 atom stereocenters. The van der Waals surface area contributed by atoms with E-state index in [0.717, 1.165) is 18.7 Å². The van der Waals surface area contributed by atoms with Gasteiger partial charge in [-0.2, -0.15) is 4.68 Å². The van der Waals surface area contributed by atoms with E-state index in [-0.39, 0.29) is 5.91 Å². The first-order valence-electron chi connectivity index (χ1n) is 8.17. The molecule has 3 aromatic rings. The number of hydrogen-bond acceptors (Lipinski definition) is 6. The molecule has 130 valence electrons. The number of para-hydroxylation sites is 1. The normalized spacial score (nSPS) is 13.8. The number of aromatic nitrogens is 4. The van der Waals surface area contributed by atoms with Crippen molar-refractivity contribution in [1.82, 2.24) is 20.2 Å². The fraction of sp³-hybridized carbons (Fsp3) is 0.167. The molecule has 0 spiro atoms. The van der Waals surface area contributed by atoms with Gasteiger partial charge in [0.2, 0.25) is 5.91 Å². The van der Waals surface area contributed by atoms with Crippen molar-refractivity contribution in [3.8, 4) is 11.4 Å². The fourth-order valence-corrected chi connectivity index (χ4v) is 2.89. The van der Waals surface area contributed by atoms with Gasteiger partial charge in [-0.25, -0.2) is 4.79 Å². The number of nitrogens with zero attached hydrogens (tertiary/aromatic N) is 5. The van der Waals surface area contributed by atoms with Gasteiger partial charge in [-0.05, 0) is 53.2 Å². The molecular formula is C18H15N5O3. The van der Waals surface area contributed by atoms with Gasteiger partial charge in [0.05, 0.1) is 11.3 Å². The second kappa shape index (κ2) is 6.75. The summed E-state index contributed by atoms with van der Waals surface area (Å²) in [5, 5.41) is 11.0. The van der Waals surface area contributed by atoms with Crippen LogP contribution in [0, 0.1) is 0 Å². The number of benzene rings is 2. The maximum Gasteiger partial charge on any atom is 0.345 e. The highest BCUT2D eigenvalue weighted by molar-refractivity contribution is 5.96. The van der Waals surface area contributed by atoms with Gasteiger partial charge in [0.25, 0.3) is 0 Å². The molecule has 1 saturated heterocycles. The predicted octanol–water partition coefficient (Wildman–Crippen LogP) is 2.01. The van der Waals surface area contributed by atoms with Crippen molar-refractivity contribution in [3.63, 3.8) is 0 Å². The van der Waals surface area contributed by atoms with Gasteiger partial charge in [0.15, 0.2) is 0 Å². The van der Waals surface area contributed by atoms with Crippen LogP contribution >= 0.6 is 0 Å². The van der Waals surface area contributed by atoms with Crippen molar-refractivity contribution >= 4 is 17.6 Å². The minimum atomic E-state index is -0.513. The standard InChI is InChI=1S/C18H15N5O3/c24-17-6-3-11-22(17)13-7-9-14(10-8-13)26-18(25)15-4-1-2-5-16(15)23-12-19-20-21-23/h1-2,4-5,7-10,12H,3,6,11H2. The van der Waals surface area contributed by atoms with Crippen molar-refractivity contribution < 1.29 is 14.3 Å². The zero-order chi connectivity index (χ0) is 17.9. The summed E-state index contributed by atoms with van der Waals surface area (Å²) in [4.78, 5) is 26.1. The third kappa shape index (κ3) is 3.04. The summed E-state index contributed by atoms with van der Waals surface area (Å²) in [7, 11) is 0. The van der Waals surface area contributed by atoms with Gasteiger partial charge >= 0.3 is 5.97 Å². The van der Waals surface area contributed by atoms with Crippen LogP contribution in [0.25, 0.3) is 5.69 Å². The van der Waals surface area contributed by atoms with Gasteiger partial charge in [-0.15, -0.1) is 5.10 Å². The van der Waals surface area contributed by atoms with Crippen LogP contribution in [0.5, 0.6) is 5.75 Å². The number of ether oxygens (including phenoxy) is 1. The first kappa shape index (κ1) is 15.9. The van der Waals surface area contributed by atoms with Gasteiger partial charge in [-0.1, -0.05) is 12.1 Å². The molecule has 0 unspecified atom stereocenters. The highest BCUT2D eigenvalue weighted by atomic mass is 16.5. The van der Waals surface area contributed by atoms with E-state index in [1.165, 1.54) is 11.0 Å². The molecule has 1 amide bonds. The molecule has 1 aliphatic rings. The Labute approximate surface area is 149 Å². The van der Waals surface area contributed by atoms with Gasteiger partial charge in [-0.3, -0.25) is 4.79 Å². The van der Waals surface area contributed by atoms with E-state index in [1.807, 2.05) is 0 Å². The van der Waals surface area contributed by atoms with Crippen LogP contribution in [0.15, 0.2) is 54.9 Å². The van der Waals surface area contributed by atoms with Crippen LogP contribution < -0.4 is 9.64 Å². The van der Waals surface area contributed by atoms with E-state index >= 15 is 0 Å². The first-order chi connectivity index (χ1) is 12.7. The summed E-state index contributed by atoms with van der Waals surface area (Å²) in [6.07, 6.45) is 2.85. The highest BCUT2D eigenvalue weighted by Gasteiger charge is 2.22. The summed E-state index contributed by atoms with van der Waals surface area (Å²) < 4.78 is 6.86. The number of tetrazole rings is 1. The van der Waals surface area contributed by atoms with Crippen LogP contribution in [0.3, 0.4) is 0 Å². The zero-order valence-corrected chi connectivity index (χ0v) is 13.8. The van der Waals surface area contributed by atoms with Crippen molar-refractivity contribution in [1.29, 1.82) is 0 Å². The lowest BCUT2D eigenvalue weighted by Gasteiger charge is -2.16. The number of esters is 1. The highest BCUT2D eigenvalue weighted by Crippen LogP contribution is 2.24. The summed E-state index contributed by atoms with van der Waals surface area (Å²) in [5.41, 5.74) is 1.68. The number of carbonyl (C=O) groups excluding carboxylic acids is 2. The average Bonchev–Trinajstić information content (AvgIpc) is 3.34. The van der Waals surface area contributed by atoms with Gasteiger partial charge < -0.3 is 9.64 Å². The van der Waals surface area contributed by atoms with Crippen molar-refractivity contribution in [2.24, 2.45) is 0 Å². The Morgan fingerprint density at radius 3 is 2.58 bits per heavy atom. The minimum absolute atomic E-state index is 0.116. The summed E-state index contributed by atoms with van der Waals surface area (Å²) in [6, 6.07) is 13.8. The third-order valence-corrected chi connectivity index (χ3v) is 4.15. The molecule has 0 bridgehead atoms. The number of rotatable bonds is 4. The molecule has 26 heavy (non-hydrogen) atoms. The molecule has 0 N–H and O–H groups in total. The predicted molar refractivity (Wildman–Crippen MR) is 92.1 cm³/mol. The largest absolute Gasteiger partial charge is 0.423 e. The van der Waals surface area contributed by atoms with Crippen molar-refractivity contribution in [3.05, 3.63) is 60.4 Å². The Bertz CT molecular complexity index is 938. The number of hydrogen-bond donors (Lipinski definition) is 0. The summed E-state index contributed by atoms with van der Waals surface area (Å²) >= 11 is 0. The maximum atomic E-state index is 12.6. The lowest BCUT2D eigenvalue weighted by atomic mass is 10.2. The lowest BCUT2D eigenvalue weighted by Crippen LogP contribution is -2.23. The maximum absolute atomic E-state index is 12.6. The monoisotopic (exact) mass is 349 g/mol. The van der Waals surface area contributed by atoms with Crippen LogP contribution in [-0.2, 0) is 4.79 Å². The fourth-order valence-electron chi connectivity index (χ4n) is 2.89. The average molecular weight is 349 g/mol. The molecule has 1 aliphatic heterocycles. The molecule has 0 radical (unpaired) electrons. The van der Waals surface area contributed by atoms with Crippen LogP contribution in [0.4, 0.5) is 5.69 Å². The molecular weight excluding hydrogens is 334 g/mol. The zero-order valence-electron chi connectivity index (χ0n) is 13.8. The SMILES string of the molecule is O=C(Oc1ccc(N2CCCC2=O)cc1)c1ccccc1-n1cnnn1. The van der Waals surface area contributed by atoms with Crippen molar-refractivity contribution in [2.75, 3.05) is 11.4 Å². The van der Waals surface area contributed by atoms with Crippen LogP contribution in [0.2, 0.25) is 0 Å². The molecule has 2 heterocycles. The Balaban J connectivity index is 1.53. The topological polar surface area (TPSA) is 90.2 Å². The lowest BCUT2D eigenvalue weighted by molar-refractivity contribution is -0.117. The Morgan fingerprint density at radius 2 is 1.88 bits per heavy atom. The van der Waals surface area contributed by atoms with Gasteiger partial charge in [0, 0.05) is 18.7 Å². The van der Waals surface area contributed by atoms with E-state index in [9.17, 15) is 9.59 Å². The van der Waals surface area contributed by atoms with Crippen LogP contribution in [-0.4, -0.2) is 38.6 Å². The van der Waals surface area contributed by atoms with E-state index in [0.29, 0.717) is 23.4 Å². The second-order valence-electron chi connectivity index (χ2n) is 5.80. The Hall–Kier alpha value is -3.55. The summed E-state index contributed by atoms with van der Waals surface area (Å²) in [6.45, 7) is 0.720. The number of carbonyl (C=O) groups is 2. The molecule has 4 rings (SSSR count). The van der Waals surface area contributed by atoms with E-state index in [1.54, 1.807) is 53.4 Å². The molecule has 1 fully saturated rings. The number of amides is 1. The van der Waals surface area contributed by atoms with Crippen molar-refractivity contribution in [2.45, 2.75) is 12.8 Å². The van der Waals surface area contributed by atoms with E-state index in [4.69, 9.17) is 4.74 Å². The number of anilines is 1. The van der Waals surface area contributed by atoms with E-state index in [2.05, 4.69) is 15.5 Å². The van der Waals surface area contributed by atoms with Crippen LogP contribution in [0.1, 0.15) is 23.2 Å². The summed E-state index contributed by atoms with van der Waals surface area (Å²) in [5.74, 6) is 0.00290. The quantitative estimate of drug-likeness (QED) is 0.529. The smallest absolute Gasteiger partial charge is 0.345 e. The molecule has 8 heteroatoms.